The number of anilines is 1. The van der Waals surface area contributed by atoms with Crippen molar-refractivity contribution < 1.29 is 0 Å². The summed E-state index contributed by atoms with van der Waals surface area (Å²) in [4.78, 5) is 9.09. The van der Waals surface area contributed by atoms with Crippen LogP contribution in [0.3, 0.4) is 0 Å². The zero-order valence-electron chi connectivity index (χ0n) is 9.87. The first-order valence-corrected chi connectivity index (χ1v) is 6.18. The molecule has 2 rings (SSSR count). The van der Waals surface area contributed by atoms with Crippen LogP contribution in [0, 0.1) is 0 Å². The van der Waals surface area contributed by atoms with Crippen LogP contribution < -0.4 is 11.3 Å². The predicted octanol–water partition coefficient (Wildman–Crippen LogP) is 2.37. The van der Waals surface area contributed by atoms with Gasteiger partial charge in [0.15, 0.2) is 0 Å². The molecule has 0 unspecified atom stereocenters. The SMILES string of the molecule is CCc1cc(NN)nc(C2CCCCC2)n1. The summed E-state index contributed by atoms with van der Waals surface area (Å²) in [5.74, 6) is 7.69. The molecule has 0 bridgehead atoms. The van der Waals surface area contributed by atoms with Gasteiger partial charge in [0.05, 0.1) is 0 Å². The molecule has 4 heteroatoms. The zero-order valence-corrected chi connectivity index (χ0v) is 9.87. The summed E-state index contributed by atoms with van der Waals surface area (Å²) < 4.78 is 0. The van der Waals surface area contributed by atoms with Gasteiger partial charge in [-0.25, -0.2) is 15.8 Å². The van der Waals surface area contributed by atoms with Crippen molar-refractivity contribution in [3.8, 4) is 0 Å². The maximum absolute atomic E-state index is 5.43. The Balaban J connectivity index is 2.24. The fourth-order valence-corrected chi connectivity index (χ4v) is 2.32. The van der Waals surface area contributed by atoms with E-state index in [-0.39, 0.29) is 0 Å². The Morgan fingerprint density at radius 3 is 2.69 bits per heavy atom. The molecule has 0 aromatic carbocycles. The molecule has 0 spiro atoms. The van der Waals surface area contributed by atoms with Gasteiger partial charge in [-0.05, 0) is 19.3 Å². The van der Waals surface area contributed by atoms with Crippen LogP contribution in [0.2, 0.25) is 0 Å². The average molecular weight is 220 g/mol. The van der Waals surface area contributed by atoms with Gasteiger partial charge in [-0.3, -0.25) is 0 Å². The first-order valence-electron chi connectivity index (χ1n) is 6.18. The minimum Gasteiger partial charge on any atom is -0.308 e. The summed E-state index contributed by atoms with van der Waals surface area (Å²) in [6, 6.07) is 1.92. The van der Waals surface area contributed by atoms with Gasteiger partial charge in [-0.2, -0.15) is 0 Å². The molecule has 1 fully saturated rings. The second-order valence-electron chi connectivity index (χ2n) is 4.44. The number of nitrogens with zero attached hydrogens (tertiary/aromatic N) is 2. The first-order chi connectivity index (χ1) is 7.83. The number of nitrogen functional groups attached to an aromatic ring is 1. The highest BCUT2D eigenvalue weighted by Crippen LogP contribution is 2.31. The predicted molar refractivity (Wildman–Crippen MR) is 65.0 cm³/mol. The number of nitrogens with one attached hydrogen (secondary N) is 1. The zero-order chi connectivity index (χ0) is 11.4. The summed E-state index contributed by atoms with van der Waals surface area (Å²) in [5, 5.41) is 0. The lowest BCUT2D eigenvalue weighted by molar-refractivity contribution is 0.428. The Bertz CT molecular complexity index is 323. The van der Waals surface area contributed by atoms with E-state index >= 15 is 0 Å². The average Bonchev–Trinajstić information content (AvgIpc) is 2.39. The van der Waals surface area contributed by atoms with Gasteiger partial charge in [0.1, 0.15) is 11.6 Å². The fourth-order valence-electron chi connectivity index (χ4n) is 2.32. The van der Waals surface area contributed by atoms with E-state index in [4.69, 9.17) is 5.84 Å². The van der Waals surface area contributed by atoms with Crippen molar-refractivity contribution in [1.82, 2.24) is 9.97 Å². The molecule has 1 aromatic rings. The summed E-state index contributed by atoms with van der Waals surface area (Å²) in [7, 11) is 0. The highest BCUT2D eigenvalue weighted by atomic mass is 15.3. The third-order valence-corrected chi connectivity index (χ3v) is 3.28. The van der Waals surface area contributed by atoms with E-state index in [1.807, 2.05) is 6.07 Å². The van der Waals surface area contributed by atoms with Crippen molar-refractivity contribution in [1.29, 1.82) is 0 Å². The van der Waals surface area contributed by atoms with E-state index in [9.17, 15) is 0 Å². The number of rotatable bonds is 3. The molecule has 16 heavy (non-hydrogen) atoms. The Morgan fingerprint density at radius 1 is 1.31 bits per heavy atom. The number of aryl methyl sites for hydroxylation is 1. The first kappa shape index (κ1) is 11.3. The minimum absolute atomic E-state index is 0.535. The van der Waals surface area contributed by atoms with Crippen LogP contribution in [0.4, 0.5) is 5.82 Å². The molecule has 3 N–H and O–H groups in total. The number of hydrogen-bond donors (Lipinski definition) is 2. The molecule has 0 aliphatic heterocycles. The van der Waals surface area contributed by atoms with Gasteiger partial charge in [-0.1, -0.05) is 26.2 Å². The van der Waals surface area contributed by atoms with Crippen LogP contribution in [-0.4, -0.2) is 9.97 Å². The van der Waals surface area contributed by atoms with Crippen molar-refractivity contribution >= 4 is 5.82 Å². The highest BCUT2D eigenvalue weighted by Gasteiger charge is 2.19. The maximum Gasteiger partial charge on any atom is 0.143 e. The largest absolute Gasteiger partial charge is 0.308 e. The summed E-state index contributed by atoms with van der Waals surface area (Å²) >= 11 is 0. The minimum atomic E-state index is 0.535. The summed E-state index contributed by atoms with van der Waals surface area (Å²) in [6.07, 6.45) is 7.32. The lowest BCUT2D eigenvalue weighted by Crippen LogP contribution is -2.15. The summed E-state index contributed by atoms with van der Waals surface area (Å²) in [6.45, 7) is 2.10. The molecule has 0 radical (unpaired) electrons. The fraction of sp³-hybridized carbons (Fsp3) is 0.667. The molecule has 1 aliphatic carbocycles. The van der Waals surface area contributed by atoms with Crippen LogP contribution in [0.25, 0.3) is 0 Å². The standard InChI is InChI=1S/C12H20N4/c1-2-10-8-11(16-13)15-12(14-10)9-6-4-3-5-7-9/h8-9H,2-7,13H2,1H3,(H,14,15,16). The number of hydrazine groups is 1. The highest BCUT2D eigenvalue weighted by molar-refractivity contribution is 5.35. The molecule has 0 amide bonds. The number of hydrogen-bond acceptors (Lipinski definition) is 4. The van der Waals surface area contributed by atoms with Gasteiger partial charge in [0, 0.05) is 17.7 Å². The van der Waals surface area contributed by atoms with Crippen molar-refractivity contribution in [3.63, 3.8) is 0 Å². The summed E-state index contributed by atoms with van der Waals surface area (Å²) in [5.41, 5.74) is 3.70. The van der Waals surface area contributed by atoms with Crippen LogP contribution in [0.5, 0.6) is 0 Å². The van der Waals surface area contributed by atoms with Crippen molar-refractivity contribution in [2.24, 2.45) is 5.84 Å². The van der Waals surface area contributed by atoms with Crippen LogP contribution in [-0.2, 0) is 6.42 Å². The maximum atomic E-state index is 5.43. The van der Waals surface area contributed by atoms with Crippen LogP contribution in [0.1, 0.15) is 56.5 Å². The van der Waals surface area contributed by atoms with Crippen LogP contribution >= 0.6 is 0 Å². The Morgan fingerprint density at radius 2 is 2.06 bits per heavy atom. The van der Waals surface area contributed by atoms with Gasteiger partial charge in [-0.15, -0.1) is 0 Å². The lowest BCUT2D eigenvalue weighted by atomic mass is 9.88. The molecular formula is C12H20N4. The quantitative estimate of drug-likeness (QED) is 0.606. The monoisotopic (exact) mass is 220 g/mol. The van der Waals surface area contributed by atoms with E-state index in [1.165, 1.54) is 32.1 Å². The normalized spacial score (nSPS) is 17.4. The second-order valence-corrected chi connectivity index (χ2v) is 4.44. The molecule has 4 nitrogen and oxygen atoms in total. The van der Waals surface area contributed by atoms with E-state index in [0.29, 0.717) is 5.92 Å². The molecule has 88 valence electrons. The van der Waals surface area contributed by atoms with E-state index in [1.54, 1.807) is 0 Å². The second kappa shape index (κ2) is 5.25. The molecule has 0 saturated heterocycles. The Kier molecular flexibility index (Phi) is 3.72. The number of nitrogens with two attached hydrogens (primary N) is 1. The molecule has 0 atom stereocenters. The number of aromatic nitrogens is 2. The van der Waals surface area contributed by atoms with E-state index in [2.05, 4.69) is 22.3 Å². The van der Waals surface area contributed by atoms with Gasteiger partial charge in [0.2, 0.25) is 0 Å². The van der Waals surface area contributed by atoms with Crippen LogP contribution in [0.15, 0.2) is 6.07 Å². The Labute approximate surface area is 96.6 Å². The van der Waals surface area contributed by atoms with Gasteiger partial charge in [0.25, 0.3) is 0 Å². The topological polar surface area (TPSA) is 63.8 Å². The third kappa shape index (κ3) is 2.50. The molecule has 1 aliphatic rings. The van der Waals surface area contributed by atoms with Crippen molar-refractivity contribution in [2.45, 2.75) is 51.4 Å². The molecule has 1 heterocycles. The van der Waals surface area contributed by atoms with Crippen molar-refractivity contribution in [2.75, 3.05) is 5.43 Å². The third-order valence-electron chi connectivity index (χ3n) is 3.28. The molecular weight excluding hydrogens is 200 g/mol. The van der Waals surface area contributed by atoms with Gasteiger partial charge < -0.3 is 5.43 Å². The molecule has 1 aromatic heterocycles. The lowest BCUT2D eigenvalue weighted by Gasteiger charge is -2.21. The Hall–Kier alpha value is -1.16. The van der Waals surface area contributed by atoms with Gasteiger partial charge >= 0.3 is 0 Å². The molecule has 1 saturated carbocycles. The van der Waals surface area contributed by atoms with E-state index < -0.39 is 0 Å². The van der Waals surface area contributed by atoms with E-state index in [0.717, 1.165) is 23.8 Å². The van der Waals surface area contributed by atoms with Crippen molar-refractivity contribution in [3.05, 3.63) is 17.6 Å². The smallest absolute Gasteiger partial charge is 0.143 e.